The van der Waals surface area contributed by atoms with Crippen molar-refractivity contribution in [3.63, 3.8) is 0 Å². The van der Waals surface area contributed by atoms with E-state index in [-0.39, 0.29) is 6.10 Å². The first-order valence-corrected chi connectivity index (χ1v) is 5.93. The minimum absolute atomic E-state index is 0.0445. The van der Waals surface area contributed by atoms with Gasteiger partial charge in [-0.15, -0.1) is 0 Å². The highest BCUT2D eigenvalue weighted by atomic mass is 79.9. The normalized spacial score (nSPS) is 12.7. The molecule has 0 aliphatic rings. The Kier molecular flexibility index (Phi) is 5.91. The van der Waals surface area contributed by atoms with E-state index in [1.807, 2.05) is 12.1 Å². The van der Waals surface area contributed by atoms with Gasteiger partial charge >= 0.3 is 0 Å². The Balaban J connectivity index is 2.65. The Bertz CT molecular complexity index is 271. The highest BCUT2D eigenvalue weighted by Gasteiger charge is 2.10. The molecule has 15 heavy (non-hydrogen) atoms. The molecule has 0 spiro atoms. The first kappa shape index (κ1) is 12.7. The summed E-state index contributed by atoms with van der Waals surface area (Å²) in [5.74, 6) is 0. The third-order valence-corrected chi connectivity index (χ3v) is 2.61. The highest BCUT2D eigenvalue weighted by molar-refractivity contribution is 9.10. The zero-order valence-electron chi connectivity index (χ0n) is 9.20. The fourth-order valence-electron chi connectivity index (χ4n) is 1.33. The quantitative estimate of drug-likeness (QED) is 0.789. The van der Waals surface area contributed by atoms with Gasteiger partial charge in [0.05, 0.1) is 6.61 Å². The Morgan fingerprint density at radius 3 is 2.47 bits per heavy atom. The Labute approximate surface area is 99.7 Å². The van der Waals surface area contributed by atoms with Gasteiger partial charge in [-0.25, -0.2) is 0 Å². The second-order valence-corrected chi connectivity index (χ2v) is 4.28. The average Bonchev–Trinajstić information content (AvgIpc) is 2.25. The summed E-state index contributed by atoms with van der Waals surface area (Å²) in [6.45, 7) is 3.47. The third-order valence-electron chi connectivity index (χ3n) is 2.08. The molecule has 0 saturated heterocycles. The lowest BCUT2D eigenvalue weighted by molar-refractivity contribution is -0.00302. The fraction of sp³-hybridized carbons (Fsp3) is 0.500. The average molecular weight is 273 g/mol. The van der Waals surface area contributed by atoms with Gasteiger partial charge in [-0.1, -0.05) is 35.0 Å². The maximum Gasteiger partial charge on any atom is 0.106 e. The number of ether oxygens (including phenoxy) is 2. The summed E-state index contributed by atoms with van der Waals surface area (Å²) in [5, 5.41) is 0. The van der Waals surface area contributed by atoms with Crippen molar-refractivity contribution in [2.24, 2.45) is 0 Å². The molecule has 0 heterocycles. The minimum atomic E-state index is 0.0445. The van der Waals surface area contributed by atoms with Crippen LogP contribution in [0.3, 0.4) is 0 Å². The van der Waals surface area contributed by atoms with Gasteiger partial charge in [-0.2, -0.15) is 0 Å². The Morgan fingerprint density at radius 2 is 1.93 bits per heavy atom. The van der Waals surface area contributed by atoms with Crippen LogP contribution in [0.4, 0.5) is 0 Å². The lowest BCUT2D eigenvalue weighted by atomic mass is 10.1. The molecular formula is C12H17BrO2. The molecule has 1 aromatic rings. The Hall–Kier alpha value is -0.380. The van der Waals surface area contributed by atoms with E-state index in [4.69, 9.17) is 9.47 Å². The summed E-state index contributed by atoms with van der Waals surface area (Å²) in [6.07, 6.45) is 1.07. The molecule has 0 fully saturated rings. The first-order chi connectivity index (χ1) is 7.27. The maximum atomic E-state index is 5.72. The molecule has 0 aliphatic heterocycles. The van der Waals surface area contributed by atoms with Crippen LogP contribution in [0.15, 0.2) is 28.7 Å². The van der Waals surface area contributed by atoms with E-state index in [1.165, 1.54) is 0 Å². The molecular weight excluding hydrogens is 256 g/mol. The SMILES string of the molecule is CCCOC(COC)c1ccc(Br)cc1. The van der Waals surface area contributed by atoms with Crippen molar-refractivity contribution in [3.05, 3.63) is 34.3 Å². The molecule has 1 unspecified atom stereocenters. The van der Waals surface area contributed by atoms with Gasteiger partial charge in [0.25, 0.3) is 0 Å². The van der Waals surface area contributed by atoms with Crippen LogP contribution in [0, 0.1) is 0 Å². The highest BCUT2D eigenvalue weighted by Crippen LogP contribution is 2.20. The van der Waals surface area contributed by atoms with Crippen LogP contribution in [0.1, 0.15) is 25.0 Å². The van der Waals surface area contributed by atoms with Crippen molar-refractivity contribution in [3.8, 4) is 0 Å². The van der Waals surface area contributed by atoms with Crippen LogP contribution in [0.5, 0.6) is 0 Å². The number of methoxy groups -OCH3 is 1. The largest absolute Gasteiger partial charge is 0.382 e. The molecule has 3 heteroatoms. The van der Waals surface area contributed by atoms with E-state index in [0.29, 0.717) is 6.61 Å². The van der Waals surface area contributed by atoms with Gasteiger partial charge in [-0.05, 0) is 24.1 Å². The van der Waals surface area contributed by atoms with Crippen molar-refractivity contribution in [1.29, 1.82) is 0 Å². The zero-order valence-corrected chi connectivity index (χ0v) is 10.8. The van der Waals surface area contributed by atoms with Crippen LogP contribution in [0.2, 0.25) is 0 Å². The fourth-order valence-corrected chi connectivity index (χ4v) is 1.59. The van der Waals surface area contributed by atoms with Gasteiger partial charge in [0.2, 0.25) is 0 Å². The number of hydrogen-bond donors (Lipinski definition) is 0. The van der Waals surface area contributed by atoms with Crippen molar-refractivity contribution < 1.29 is 9.47 Å². The number of benzene rings is 1. The van der Waals surface area contributed by atoms with Gasteiger partial charge in [-0.3, -0.25) is 0 Å². The molecule has 1 aromatic carbocycles. The van der Waals surface area contributed by atoms with E-state index in [1.54, 1.807) is 7.11 Å². The molecule has 0 amide bonds. The standard InChI is InChI=1S/C12H17BrO2/c1-3-8-15-12(9-14-2)10-4-6-11(13)7-5-10/h4-7,12H,3,8-9H2,1-2H3. The molecule has 0 bridgehead atoms. The number of rotatable bonds is 6. The van der Waals surface area contributed by atoms with Gasteiger partial charge in [0, 0.05) is 18.2 Å². The van der Waals surface area contributed by atoms with E-state index < -0.39 is 0 Å². The summed E-state index contributed by atoms with van der Waals surface area (Å²) in [7, 11) is 1.70. The summed E-state index contributed by atoms with van der Waals surface area (Å²) < 4.78 is 11.9. The summed E-state index contributed by atoms with van der Waals surface area (Å²) in [6, 6.07) is 8.16. The lowest BCUT2D eigenvalue weighted by Crippen LogP contribution is -2.11. The smallest absolute Gasteiger partial charge is 0.106 e. The molecule has 84 valence electrons. The zero-order chi connectivity index (χ0) is 11.1. The molecule has 0 aromatic heterocycles. The lowest BCUT2D eigenvalue weighted by Gasteiger charge is -2.17. The van der Waals surface area contributed by atoms with Gasteiger partial charge < -0.3 is 9.47 Å². The summed E-state index contributed by atoms with van der Waals surface area (Å²) in [5.41, 5.74) is 1.16. The predicted octanol–water partition coefficient (Wildman–Crippen LogP) is 3.56. The molecule has 1 rings (SSSR count). The number of halogens is 1. The van der Waals surface area contributed by atoms with Crippen molar-refractivity contribution in [1.82, 2.24) is 0 Å². The van der Waals surface area contributed by atoms with Crippen LogP contribution < -0.4 is 0 Å². The molecule has 0 N–H and O–H groups in total. The van der Waals surface area contributed by atoms with Crippen LogP contribution in [-0.2, 0) is 9.47 Å². The minimum Gasteiger partial charge on any atom is -0.382 e. The van der Waals surface area contributed by atoms with Gasteiger partial charge in [0.15, 0.2) is 0 Å². The molecule has 0 aliphatic carbocycles. The van der Waals surface area contributed by atoms with E-state index in [0.717, 1.165) is 23.1 Å². The molecule has 1 atom stereocenters. The van der Waals surface area contributed by atoms with Crippen molar-refractivity contribution in [2.45, 2.75) is 19.4 Å². The van der Waals surface area contributed by atoms with E-state index in [2.05, 4.69) is 35.0 Å². The van der Waals surface area contributed by atoms with Gasteiger partial charge in [0.1, 0.15) is 6.10 Å². The molecule has 0 radical (unpaired) electrons. The van der Waals surface area contributed by atoms with Crippen molar-refractivity contribution >= 4 is 15.9 Å². The predicted molar refractivity (Wildman–Crippen MR) is 65.0 cm³/mol. The van der Waals surface area contributed by atoms with E-state index in [9.17, 15) is 0 Å². The second-order valence-electron chi connectivity index (χ2n) is 3.37. The Morgan fingerprint density at radius 1 is 1.27 bits per heavy atom. The monoisotopic (exact) mass is 272 g/mol. The molecule has 2 nitrogen and oxygen atoms in total. The molecule has 0 saturated carbocycles. The van der Waals surface area contributed by atoms with Crippen molar-refractivity contribution in [2.75, 3.05) is 20.3 Å². The van der Waals surface area contributed by atoms with Crippen LogP contribution in [0.25, 0.3) is 0 Å². The first-order valence-electron chi connectivity index (χ1n) is 5.14. The van der Waals surface area contributed by atoms with E-state index >= 15 is 0 Å². The number of hydrogen-bond acceptors (Lipinski definition) is 2. The second kappa shape index (κ2) is 6.99. The topological polar surface area (TPSA) is 18.5 Å². The van der Waals surface area contributed by atoms with Crippen LogP contribution in [-0.4, -0.2) is 20.3 Å². The maximum absolute atomic E-state index is 5.72. The summed E-state index contributed by atoms with van der Waals surface area (Å²) in [4.78, 5) is 0. The third kappa shape index (κ3) is 4.33. The van der Waals surface area contributed by atoms with Crippen LogP contribution >= 0.6 is 15.9 Å². The summed E-state index contributed by atoms with van der Waals surface area (Å²) >= 11 is 3.41.